The molecule has 0 aliphatic heterocycles. The van der Waals surface area contributed by atoms with Crippen LogP contribution in [0.1, 0.15) is 50.0 Å². The lowest BCUT2D eigenvalue weighted by molar-refractivity contribution is 0.443. The first-order chi connectivity index (χ1) is 9.63. The molecule has 3 N–H and O–H groups in total. The molecular weight excluding hydrogens is 272 g/mol. The molecule has 1 aromatic carbocycles. The Bertz CT molecular complexity index is 505. The van der Waals surface area contributed by atoms with Gasteiger partial charge in [-0.25, -0.2) is 13.1 Å². The van der Waals surface area contributed by atoms with E-state index in [-0.39, 0.29) is 0 Å². The molecule has 0 saturated heterocycles. The van der Waals surface area contributed by atoms with E-state index < -0.39 is 10.0 Å². The monoisotopic (exact) mass is 296 g/mol. The molecule has 112 valence electrons. The molecule has 0 amide bonds. The Hall–Kier alpha value is -0.910. The van der Waals surface area contributed by atoms with Crippen LogP contribution >= 0.6 is 0 Å². The first-order valence-corrected chi connectivity index (χ1v) is 8.91. The maximum Gasteiger partial charge on any atom is 0.240 e. The van der Waals surface area contributed by atoms with Crippen molar-refractivity contribution < 1.29 is 8.42 Å². The smallest absolute Gasteiger partial charge is 0.240 e. The summed E-state index contributed by atoms with van der Waals surface area (Å²) in [6.45, 7) is 0.881. The normalized spacial score (nSPS) is 17.2. The Labute approximate surface area is 121 Å². The van der Waals surface area contributed by atoms with Gasteiger partial charge in [0.05, 0.1) is 4.90 Å². The van der Waals surface area contributed by atoms with Gasteiger partial charge in [-0.3, -0.25) is 0 Å². The van der Waals surface area contributed by atoms with Crippen LogP contribution in [0.3, 0.4) is 0 Å². The van der Waals surface area contributed by atoms with Crippen LogP contribution < -0.4 is 10.5 Å². The lowest BCUT2D eigenvalue weighted by Gasteiger charge is -2.22. The number of rotatable bonds is 6. The van der Waals surface area contributed by atoms with Crippen LogP contribution in [-0.2, 0) is 10.0 Å². The molecular formula is C15H24N2O2S. The molecule has 2 rings (SSSR count). The summed E-state index contributed by atoms with van der Waals surface area (Å²) in [6.07, 6.45) is 6.99. The third-order valence-corrected chi connectivity index (χ3v) is 5.42. The van der Waals surface area contributed by atoms with Crippen molar-refractivity contribution in [3.63, 3.8) is 0 Å². The van der Waals surface area contributed by atoms with Gasteiger partial charge in [-0.15, -0.1) is 0 Å². The van der Waals surface area contributed by atoms with Gasteiger partial charge < -0.3 is 5.73 Å². The van der Waals surface area contributed by atoms with Gasteiger partial charge >= 0.3 is 0 Å². The Balaban J connectivity index is 2.03. The van der Waals surface area contributed by atoms with Gasteiger partial charge in [0.25, 0.3) is 0 Å². The molecule has 0 unspecified atom stereocenters. The van der Waals surface area contributed by atoms with E-state index in [9.17, 15) is 8.42 Å². The van der Waals surface area contributed by atoms with Crippen LogP contribution in [0.2, 0.25) is 0 Å². The average Bonchev–Trinajstić information content (AvgIpc) is 2.48. The van der Waals surface area contributed by atoms with E-state index in [1.165, 1.54) is 37.7 Å². The van der Waals surface area contributed by atoms with Crippen molar-refractivity contribution in [2.45, 2.75) is 49.3 Å². The third-order valence-electron chi connectivity index (χ3n) is 3.94. The highest BCUT2D eigenvalue weighted by Crippen LogP contribution is 2.32. The van der Waals surface area contributed by atoms with E-state index in [4.69, 9.17) is 5.73 Å². The van der Waals surface area contributed by atoms with Crippen LogP contribution in [0, 0.1) is 0 Å². The van der Waals surface area contributed by atoms with Gasteiger partial charge in [0, 0.05) is 6.54 Å². The molecule has 0 bridgehead atoms. The van der Waals surface area contributed by atoms with E-state index in [0.717, 1.165) is 0 Å². The fourth-order valence-corrected chi connectivity index (χ4v) is 3.82. The molecule has 20 heavy (non-hydrogen) atoms. The Morgan fingerprint density at radius 3 is 2.35 bits per heavy atom. The van der Waals surface area contributed by atoms with Crippen LogP contribution in [0.4, 0.5) is 0 Å². The van der Waals surface area contributed by atoms with Gasteiger partial charge in [-0.05, 0) is 49.4 Å². The lowest BCUT2D eigenvalue weighted by atomic mass is 9.84. The zero-order valence-electron chi connectivity index (χ0n) is 11.8. The van der Waals surface area contributed by atoms with Crippen molar-refractivity contribution >= 4 is 10.0 Å². The summed E-state index contributed by atoms with van der Waals surface area (Å²) in [7, 11) is -3.39. The lowest BCUT2D eigenvalue weighted by Crippen LogP contribution is -2.26. The third kappa shape index (κ3) is 4.04. The minimum absolute atomic E-state index is 0.342. The second-order valence-corrected chi connectivity index (χ2v) is 7.21. The highest BCUT2D eigenvalue weighted by Gasteiger charge is 2.17. The number of benzene rings is 1. The van der Waals surface area contributed by atoms with Gasteiger partial charge in [0.1, 0.15) is 0 Å². The van der Waals surface area contributed by atoms with Crippen molar-refractivity contribution in [2.24, 2.45) is 5.73 Å². The molecule has 1 aromatic rings. The van der Waals surface area contributed by atoms with Crippen molar-refractivity contribution in [2.75, 3.05) is 13.1 Å². The number of sulfonamides is 1. The number of nitrogens with one attached hydrogen (secondary N) is 1. The maximum absolute atomic E-state index is 12.0. The Kier molecular flexibility index (Phi) is 5.57. The van der Waals surface area contributed by atoms with Crippen LogP contribution in [-0.4, -0.2) is 21.5 Å². The summed E-state index contributed by atoms with van der Waals surface area (Å²) in [4.78, 5) is 0.342. The first kappa shape index (κ1) is 15.5. The molecule has 4 nitrogen and oxygen atoms in total. The highest BCUT2D eigenvalue weighted by molar-refractivity contribution is 7.89. The summed E-state index contributed by atoms with van der Waals surface area (Å²) in [5.41, 5.74) is 6.63. The van der Waals surface area contributed by atoms with Crippen molar-refractivity contribution in [1.82, 2.24) is 4.72 Å². The molecule has 0 spiro atoms. The summed E-state index contributed by atoms with van der Waals surface area (Å²) in [5, 5.41) is 0. The molecule has 0 atom stereocenters. The average molecular weight is 296 g/mol. The van der Waals surface area contributed by atoms with Crippen LogP contribution in [0.15, 0.2) is 29.2 Å². The van der Waals surface area contributed by atoms with E-state index >= 15 is 0 Å². The summed E-state index contributed by atoms with van der Waals surface area (Å²) in [6, 6.07) is 7.37. The summed E-state index contributed by atoms with van der Waals surface area (Å²) in [5.74, 6) is 0.603. The molecule has 1 saturated carbocycles. The van der Waals surface area contributed by atoms with Gasteiger partial charge in [0.2, 0.25) is 10.0 Å². The minimum Gasteiger partial charge on any atom is -0.330 e. The minimum atomic E-state index is -3.39. The first-order valence-electron chi connectivity index (χ1n) is 7.43. The SMILES string of the molecule is NCCCNS(=O)(=O)c1ccc(C2CCCCC2)cc1. The largest absolute Gasteiger partial charge is 0.330 e. The van der Waals surface area contributed by atoms with Crippen molar-refractivity contribution in [3.05, 3.63) is 29.8 Å². The van der Waals surface area contributed by atoms with Crippen molar-refractivity contribution in [1.29, 1.82) is 0 Å². The van der Waals surface area contributed by atoms with E-state index in [1.54, 1.807) is 12.1 Å². The fraction of sp³-hybridized carbons (Fsp3) is 0.600. The number of hydrogen-bond donors (Lipinski definition) is 2. The topological polar surface area (TPSA) is 72.2 Å². The predicted octanol–water partition coefficient (Wildman–Crippen LogP) is 2.36. The molecule has 1 aliphatic carbocycles. The van der Waals surface area contributed by atoms with E-state index in [0.29, 0.717) is 30.3 Å². The number of hydrogen-bond acceptors (Lipinski definition) is 3. The molecule has 0 aromatic heterocycles. The molecule has 1 fully saturated rings. The number of nitrogens with two attached hydrogens (primary N) is 1. The summed E-state index contributed by atoms with van der Waals surface area (Å²) >= 11 is 0. The Morgan fingerprint density at radius 2 is 1.75 bits per heavy atom. The molecule has 5 heteroatoms. The van der Waals surface area contributed by atoms with E-state index in [2.05, 4.69) is 4.72 Å². The predicted molar refractivity (Wildman–Crippen MR) is 81.1 cm³/mol. The quantitative estimate of drug-likeness (QED) is 0.792. The van der Waals surface area contributed by atoms with Crippen LogP contribution in [0.5, 0.6) is 0 Å². The zero-order valence-corrected chi connectivity index (χ0v) is 12.7. The second kappa shape index (κ2) is 7.20. The highest BCUT2D eigenvalue weighted by atomic mass is 32.2. The van der Waals surface area contributed by atoms with Gasteiger partial charge in [0.15, 0.2) is 0 Å². The second-order valence-electron chi connectivity index (χ2n) is 5.44. The van der Waals surface area contributed by atoms with Crippen molar-refractivity contribution in [3.8, 4) is 0 Å². The molecule has 1 aliphatic rings. The van der Waals surface area contributed by atoms with Crippen LogP contribution in [0.25, 0.3) is 0 Å². The molecule has 0 radical (unpaired) electrons. The van der Waals surface area contributed by atoms with Gasteiger partial charge in [-0.1, -0.05) is 31.4 Å². The van der Waals surface area contributed by atoms with Gasteiger partial charge in [-0.2, -0.15) is 0 Å². The standard InChI is InChI=1S/C15H24N2O2S/c16-11-4-12-17-20(18,19)15-9-7-14(8-10-15)13-5-2-1-3-6-13/h7-10,13,17H,1-6,11-12,16H2. The zero-order chi connectivity index (χ0) is 14.4. The van der Waals surface area contributed by atoms with E-state index in [1.807, 2.05) is 12.1 Å². The maximum atomic E-state index is 12.0. The fourth-order valence-electron chi connectivity index (χ4n) is 2.75. The molecule has 0 heterocycles. The summed E-state index contributed by atoms with van der Waals surface area (Å²) < 4.78 is 26.7. The Morgan fingerprint density at radius 1 is 1.10 bits per heavy atom.